The molecule has 0 aromatic heterocycles. The van der Waals surface area contributed by atoms with Gasteiger partial charge in [0.05, 0.1) is 0 Å². The van der Waals surface area contributed by atoms with Crippen LogP contribution in [0.15, 0.2) is 30.3 Å². The number of amides is 1. The molecular weight excluding hydrogens is 317 g/mol. The Kier molecular flexibility index (Phi) is 7.11. The molecule has 0 saturated carbocycles. The second kappa shape index (κ2) is 8.33. The van der Waals surface area contributed by atoms with Gasteiger partial charge in [-0.15, -0.1) is 0 Å². The molecule has 0 heterocycles. The van der Waals surface area contributed by atoms with E-state index in [1.165, 1.54) is 10.9 Å². The second-order valence-electron chi connectivity index (χ2n) is 5.69. The molecule has 1 aromatic carbocycles. The van der Waals surface area contributed by atoms with Gasteiger partial charge >= 0.3 is 128 Å². The van der Waals surface area contributed by atoms with Crippen molar-refractivity contribution in [2.24, 2.45) is 0 Å². The fourth-order valence-corrected chi connectivity index (χ4v) is 3.30. The minimum absolute atomic E-state index is 0.159. The molecule has 0 radical (unpaired) electrons. The van der Waals surface area contributed by atoms with E-state index in [9.17, 15) is 4.79 Å². The third-order valence-corrected chi connectivity index (χ3v) is 4.76. The fourth-order valence-electron chi connectivity index (χ4n) is 1.78. The van der Waals surface area contributed by atoms with E-state index in [2.05, 4.69) is 24.4 Å². The Morgan fingerprint density at radius 3 is 2.50 bits per heavy atom. The van der Waals surface area contributed by atoms with Crippen molar-refractivity contribution >= 4 is 21.1 Å². The number of ether oxygens (including phenoxy) is 1. The normalized spacial score (nSPS) is 12.8. The Labute approximate surface area is 128 Å². The van der Waals surface area contributed by atoms with Crippen LogP contribution in [0.3, 0.4) is 0 Å². The van der Waals surface area contributed by atoms with Gasteiger partial charge in [-0.25, -0.2) is 0 Å². The molecule has 112 valence electrons. The molecule has 0 saturated heterocycles. The molecule has 0 aliphatic heterocycles. The maximum atomic E-state index is 11.9. The summed E-state index contributed by atoms with van der Waals surface area (Å²) in [4.78, 5) is 11.9. The van der Waals surface area contributed by atoms with Gasteiger partial charge in [-0.2, -0.15) is 0 Å². The van der Waals surface area contributed by atoms with Crippen LogP contribution in [0.4, 0.5) is 4.79 Å². The zero-order valence-electron chi connectivity index (χ0n) is 12.8. The summed E-state index contributed by atoms with van der Waals surface area (Å²) in [6.45, 7) is 7.84. The Balaban J connectivity index is 2.57. The van der Waals surface area contributed by atoms with Gasteiger partial charge in [0.1, 0.15) is 0 Å². The van der Waals surface area contributed by atoms with Gasteiger partial charge in [0.2, 0.25) is 0 Å². The maximum absolute atomic E-state index is 11.9. The quantitative estimate of drug-likeness (QED) is 0.801. The van der Waals surface area contributed by atoms with E-state index >= 15 is 0 Å². The van der Waals surface area contributed by atoms with Gasteiger partial charge in [0, 0.05) is 0 Å². The van der Waals surface area contributed by atoms with Crippen molar-refractivity contribution < 1.29 is 9.53 Å². The third kappa shape index (κ3) is 7.56. The Hall–Kier alpha value is -0.991. The summed E-state index contributed by atoms with van der Waals surface area (Å²) in [6.07, 6.45) is 0.548. The van der Waals surface area contributed by atoms with Gasteiger partial charge in [-0.1, -0.05) is 0 Å². The molecule has 0 aliphatic carbocycles. The molecule has 1 amide bonds. The van der Waals surface area contributed by atoms with Crippen LogP contribution in [0.2, 0.25) is 10.6 Å². The second-order valence-corrected chi connectivity index (χ2v) is 8.46. The molecule has 20 heavy (non-hydrogen) atoms. The summed E-state index contributed by atoms with van der Waals surface area (Å²) >= 11 is 0.564. The fraction of sp³-hybridized carbons (Fsp3) is 0.562. The van der Waals surface area contributed by atoms with Gasteiger partial charge in [-0.05, 0) is 0 Å². The monoisotopic (exact) mass is 343 g/mol. The molecule has 0 spiro atoms. The van der Waals surface area contributed by atoms with E-state index in [1.807, 2.05) is 39.0 Å². The number of alkyl carbamates (subject to hydrolysis) is 1. The Bertz CT molecular complexity index is 401. The summed E-state index contributed by atoms with van der Waals surface area (Å²) in [6, 6.07) is 10.4. The molecule has 1 N–H and O–H groups in total. The summed E-state index contributed by atoms with van der Waals surface area (Å²) in [5, 5.41) is 5.24. The summed E-state index contributed by atoms with van der Waals surface area (Å²) in [5.41, 5.74) is 0.803. The number of benzene rings is 1. The van der Waals surface area contributed by atoms with E-state index < -0.39 is 5.60 Å². The Morgan fingerprint density at radius 1 is 1.30 bits per heavy atom. The molecule has 4 heteroatoms. The van der Waals surface area contributed by atoms with Crippen molar-refractivity contribution in [2.45, 2.75) is 56.4 Å². The molecule has 1 rings (SSSR count). The van der Waals surface area contributed by atoms with E-state index in [0.29, 0.717) is 15.0 Å². The van der Waals surface area contributed by atoms with Crippen molar-refractivity contribution in [1.29, 1.82) is 0 Å². The zero-order chi connectivity index (χ0) is 15.0. The van der Waals surface area contributed by atoms with E-state index in [4.69, 9.17) is 4.74 Å². The predicted octanol–water partition coefficient (Wildman–Crippen LogP) is 3.68. The first kappa shape index (κ1) is 17.1. The van der Waals surface area contributed by atoms with Crippen molar-refractivity contribution in [2.75, 3.05) is 0 Å². The minimum atomic E-state index is -0.447. The van der Waals surface area contributed by atoms with Crippen molar-refractivity contribution in [1.82, 2.24) is 5.32 Å². The Morgan fingerprint density at radius 2 is 1.95 bits per heavy atom. The van der Waals surface area contributed by atoms with Gasteiger partial charge in [0.15, 0.2) is 0 Å². The molecule has 3 nitrogen and oxygen atoms in total. The average molecular weight is 342 g/mol. The van der Waals surface area contributed by atoms with Crippen LogP contribution in [0.1, 0.15) is 33.3 Å². The van der Waals surface area contributed by atoms with Gasteiger partial charge in [-0.3, -0.25) is 0 Å². The summed E-state index contributed by atoms with van der Waals surface area (Å²) in [5.74, 6) is 0. The molecule has 0 bridgehead atoms. The number of hydrogen-bond acceptors (Lipinski definition) is 2. The SMILES string of the molecule is CC[Se]C[C@H](Cc1ccccc1)NC(=O)OC(C)(C)C. The van der Waals surface area contributed by atoms with Crippen LogP contribution in [0.25, 0.3) is 0 Å². The topological polar surface area (TPSA) is 38.3 Å². The van der Waals surface area contributed by atoms with Crippen LogP contribution in [0.5, 0.6) is 0 Å². The van der Waals surface area contributed by atoms with Crippen LogP contribution >= 0.6 is 0 Å². The summed E-state index contributed by atoms with van der Waals surface area (Å²) in [7, 11) is 0. The van der Waals surface area contributed by atoms with Crippen molar-refractivity contribution in [3.8, 4) is 0 Å². The molecular formula is C16H25NO2Se. The molecule has 1 aromatic rings. The first-order valence-electron chi connectivity index (χ1n) is 7.02. The average Bonchev–Trinajstić information content (AvgIpc) is 2.35. The first-order valence-corrected chi connectivity index (χ1v) is 9.44. The molecule has 0 aliphatic rings. The van der Waals surface area contributed by atoms with Crippen molar-refractivity contribution in [3.05, 3.63) is 35.9 Å². The van der Waals surface area contributed by atoms with Crippen molar-refractivity contribution in [3.63, 3.8) is 0 Å². The number of carbonyl (C=O) groups is 1. The first-order chi connectivity index (χ1) is 9.40. The van der Waals surface area contributed by atoms with Crippen LogP contribution in [0, 0.1) is 0 Å². The van der Waals surface area contributed by atoms with Gasteiger partial charge in [0.25, 0.3) is 0 Å². The zero-order valence-corrected chi connectivity index (χ0v) is 14.5. The predicted molar refractivity (Wildman–Crippen MR) is 84.3 cm³/mol. The summed E-state index contributed by atoms with van der Waals surface area (Å²) < 4.78 is 5.34. The molecule has 0 unspecified atom stereocenters. The number of hydrogen-bond donors (Lipinski definition) is 1. The van der Waals surface area contributed by atoms with Crippen LogP contribution in [-0.4, -0.2) is 32.7 Å². The van der Waals surface area contributed by atoms with Gasteiger partial charge < -0.3 is 0 Å². The van der Waals surface area contributed by atoms with E-state index in [0.717, 1.165) is 11.7 Å². The number of nitrogens with one attached hydrogen (secondary N) is 1. The third-order valence-electron chi connectivity index (χ3n) is 2.57. The van der Waals surface area contributed by atoms with Crippen LogP contribution in [-0.2, 0) is 11.2 Å². The van der Waals surface area contributed by atoms with Crippen LogP contribution < -0.4 is 5.32 Å². The standard InChI is InChI=1S/C16H25NO2Se/c1-5-20-12-14(11-13-9-7-6-8-10-13)17-15(18)19-16(2,3)4/h6-10,14H,5,11-12H2,1-4H3,(H,17,18)/t14-/m0/s1. The number of carbonyl (C=O) groups excluding carboxylic acids is 1. The van der Waals surface area contributed by atoms with E-state index in [1.54, 1.807) is 0 Å². The molecule has 1 atom stereocenters. The number of rotatable bonds is 6. The molecule has 0 fully saturated rings. The van der Waals surface area contributed by atoms with E-state index in [-0.39, 0.29) is 12.1 Å².